The summed E-state index contributed by atoms with van der Waals surface area (Å²) in [6.07, 6.45) is 0. The molecule has 0 radical (unpaired) electrons. The first kappa shape index (κ1) is 13.8. The summed E-state index contributed by atoms with van der Waals surface area (Å²) in [6.45, 7) is 5.81. The zero-order chi connectivity index (χ0) is 14.8. The molecule has 3 rings (SSSR count). The zero-order valence-electron chi connectivity index (χ0n) is 12.2. The van der Waals surface area contributed by atoms with E-state index in [1.807, 2.05) is 43.0 Å². The van der Waals surface area contributed by atoms with Crippen LogP contribution in [-0.2, 0) is 4.79 Å². The van der Waals surface area contributed by atoms with Crippen LogP contribution >= 0.6 is 0 Å². The molecule has 1 N–H and O–H groups in total. The Labute approximate surface area is 123 Å². The van der Waals surface area contributed by atoms with Crippen molar-refractivity contribution in [3.05, 3.63) is 35.7 Å². The van der Waals surface area contributed by atoms with Gasteiger partial charge in [-0.05, 0) is 26.0 Å². The Kier molecular flexibility index (Phi) is 3.70. The second kappa shape index (κ2) is 5.65. The Hall–Kier alpha value is -2.21. The number of benzene rings is 1. The van der Waals surface area contributed by atoms with E-state index in [2.05, 4.69) is 15.5 Å². The predicted octanol–water partition coefficient (Wildman–Crippen LogP) is 1.54. The van der Waals surface area contributed by atoms with Gasteiger partial charge in [-0.2, -0.15) is 0 Å². The summed E-state index contributed by atoms with van der Waals surface area (Å²) >= 11 is 0. The van der Waals surface area contributed by atoms with Crippen LogP contribution in [0.3, 0.4) is 0 Å². The van der Waals surface area contributed by atoms with Gasteiger partial charge in [0, 0.05) is 18.7 Å². The number of hydrogen-bond donors (Lipinski definition) is 1. The molecular weight excluding hydrogens is 268 g/mol. The Balaban J connectivity index is 1.79. The summed E-state index contributed by atoms with van der Waals surface area (Å²) in [4.78, 5) is 13.5. The van der Waals surface area contributed by atoms with E-state index in [0.717, 1.165) is 17.7 Å². The first-order valence-electron chi connectivity index (χ1n) is 7.04. The van der Waals surface area contributed by atoms with E-state index in [9.17, 15) is 4.79 Å². The van der Waals surface area contributed by atoms with Gasteiger partial charge in [0.05, 0.1) is 12.6 Å². The predicted molar refractivity (Wildman–Crippen MR) is 77.5 cm³/mol. The van der Waals surface area contributed by atoms with Gasteiger partial charge in [0.25, 0.3) is 0 Å². The molecule has 1 aliphatic heterocycles. The normalized spacial score (nSPS) is 17.5. The first-order valence-corrected chi connectivity index (χ1v) is 7.04. The van der Waals surface area contributed by atoms with Gasteiger partial charge in [-0.25, -0.2) is 0 Å². The van der Waals surface area contributed by atoms with E-state index in [4.69, 9.17) is 4.42 Å². The molecular formula is C15H18N4O2. The number of hydrogen-bond acceptors (Lipinski definition) is 5. The van der Waals surface area contributed by atoms with Crippen LogP contribution in [0.15, 0.2) is 28.7 Å². The molecule has 1 amide bonds. The van der Waals surface area contributed by atoms with Crippen molar-refractivity contribution in [2.75, 3.05) is 19.6 Å². The van der Waals surface area contributed by atoms with Crippen LogP contribution in [0.5, 0.6) is 0 Å². The molecule has 0 spiro atoms. The van der Waals surface area contributed by atoms with Crippen molar-refractivity contribution in [1.82, 2.24) is 20.4 Å². The van der Waals surface area contributed by atoms with Gasteiger partial charge in [0.1, 0.15) is 0 Å². The molecule has 6 heteroatoms. The second-order valence-electron chi connectivity index (χ2n) is 5.31. The molecule has 110 valence electrons. The first-order chi connectivity index (χ1) is 10.1. The van der Waals surface area contributed by atoms with E-state index in [1.54, 1.807) is 0 Å². The standard InChI is InChI=1S/C15H18N4O2/c1-10-4-3-5-12(8-10)15-18-17-14(21-15)11(2)19-7-6-16-13(20)9-19/h3-5,8,11H,6-7,9H2,1-2H3,(H,16,20)/t11-/m0/s1. The van der Waals surface area contributed by atoms with Crippen LogP contribution in [0.2, 0.25) is 0 Å². The Morgan fingerprint density at radius 1 is 1.38 bits per heavy atom. The Bertz CT molecular complexity index is 653. The maximum Gasteiger partial charge on any atom is 0.247 e. The average molecular weight is 286 g/mol. The van der Waals surface area contributed by atoms with Crippen molar-refractivity contribution >= 4 is 5.91 Å². The number of amides is 1. The Morgan fingerprint density at radius 2 is 2.24 bits per heavy atom. The fourth-order valence-corrected chi connectivity index (χ4v) is 2.44. The summed E-state index contributed by atoms with van der Waals surface area (Å²) in [5.41, 5.74) is 2.06. The van der Waals surface area contributed by atoms with Crippen LogP contribution in [0.25, 0.3) is 11.5 Å². The number of aryl methyl sites for hydroxylation is 1. The molecule has 1 aromatic heterocycles. The molecule has 1 atom stereocenters. The second-order valence-corrected chi connectivity index (χ2v) is 5.31. The maximum absolute atomic E-state index is 11.5. The van der Waals surface area contributed by atoms with E-state index < -0.39 is 0 Å². The fraction of sp³-hybridized carbons (Fsp3) is 0.400. The van der Waals surface area contributed by atoms with Gasteiger partial charge < -0.3 is 9.73 Å². The van der Waals surface area contributed by atoms with Gasteiger partial charge in [0.15, 0.2) is 0 Å². The van der Waals surface area contributed by atoms with Crippen LogP contribution in [0, 0.1) is 6.92 Å². The zero-order valence-corrected chi connectivity index (χ0v) is 12.2. The highest BCUT2D eigenvalue weighted by Crippen LogP contribution is 2.24. The molecule has 0 aliphatic carbocycles. The molecule has 1 fully saturated rings. The molecule has 1 aromatic carbocycles. The number of carbonyl (C=O) groups excluding carboxylic acids is 1. The van der Waals surface area contributed by atoms with Crippen molar-refractivity contribution in [3.8, 4) is 11.5 Å². The number of aromatic nitrogens is 2. The summed E-state index contributed by atoms with van der Waals surface area (Å²) in [6, 6.07) is 7.88. The SMILES string of the molecule is Cc1cccc(-c2nnc([C@H](C)N3CCNC(=O)C3)o2)c1. The number of rotatable bonds is 3. The van der Waals surface area contributed by atoms with Crippen LogP contribution < -0.4 is 5.32 Å². The lowest BCUT2D eigenvalue weighted by Gasteiger charge is -2.29. The van der Waals surface area contributed by atoms with E-state index in [-0.39, 0.29) is 11.9 Å². The fourth-order valence-electron chi connectivity index (χ4n) is 2.44. The Morgan fingerprint density at radius 3 is 3.00 bits per heavy atom. The van der Waals surface area contributed by atoms with Crippen molar-refractivity contribution in [2.24, 2.45) is 0 Å². The molecule has 21 heavy (non-hydrogen) atoms. The average Bonchev–Trinajstić information content (AvgIpc) is 2.96. The van der Waals surface area contributed by atoms with Gasteiger partial charge in [-0.1, -0.05) is 17.7 Å². The van der Waals surface area contributed by atoms with Crippen molar-refractivity contribution < 1.29 is 9.21 Å². The lowest BCUT2D eigenvalue weighted by atomic mass is 10.1. The van der Waals surface area contributed by atoms with Crippen LogP contribution in [0.1, 0.15) is 24.4 Å². The number of carbonyl (C=O) groups is 1. The topological polar surface area (TPSA) is 71.3 Å². The lowest BCUT2D eigenvalue weighted by Crippen LogP contribution is -2.48. The highest BCUT2D eigenvalue weighted by atomic mass is 16.4. The van der Waals surface area contributed by atoms with Crippen molar-refractivity contribution in [3.63, 3.8) is 0 Å². The maximum atomic E-state index is 11.5. The summed E-state index contributed by atoms with van der Waals surface area (Å²) in [5, 5.41) is 11.1. The monoisotopic (exact) mass is 286 g/mol. The molecule has 6 nitrogen and oxygen atoms in total. The van der Waals surface area contributed by atoms with Crippen molar-refractivity contribution in [2.45, 2.75) is 19.9 Å². The molecule has 0 unspecified atom stereocenters. The van der Waals surface area contributed by atoms with Gasteiger partial charge >= 0.3 is 0 Å². The highest BCUT2D eigenvalue weighted by Gasteiger charge is 2.26. The van der Waals surface area contributed by atoms with E-state index in [1.165, 1.54) is 0 Å². The third kappa shape index (κ3) is 2.95. The smallest absolute Gasteiger partial charge is 0.247 e. The summed E-state index contributed by atoms with van der Waals surface area (Å²) < 4.78 is 5.78. The molecule has 1 saturated heterocycles. The van der Waals surface area contributed by atoms with E-state index in [0.29, 0.717) is 24.9 Å². The largest absolute Gasteiger partial charge is 0.419 e. The van der Waals surface area contributed by atoms with Gasteiger partial charge in [0.2, 0.25) is 17.7 Å². The molecule has 0 bridgehead atoms. The molecule has 2 aromatic rings. The minimum atomic E-state index is -0.0675. The third-order valence-corrected chi connectivity index (χ3v) is 3.68. The van der Waals surface area contributed by atoms with Crippen LogP contribution in [-0.4, -0.2) is 40.6 Å². The highest BCUT2D eigenvalue weighted by molar-refractivity contribution is 5.78. The summed E-state index contributed by atoms with van der Waals surface area (Å²) in [5.74, 6) is 1.09. The molecule has 2 heterocycles. The van der Waals surface area contributed by atoms with Crippen LogP contribution in [0.4, 0.5) is 0 Å². The number of nitrogens with zero attached hydrogens (tertiary/aromatic N) is 3. The molecule has 1 aliphatic rings. The van der Waals surface area contributed by atoms with Gasteiger partial charge in [-0.15, -0.1) is 10.2 Å². The minimum absolute atomic E-state index is 0.0338. The number of piperazine rings is 1. The van der Waals surface area contributed by atoms with Crippen molar-refractivity contribution in [1.29, 1.82) is 0 Å². The minimum Gasteiger partial charge on any atom is -0.419 e. The lowest BCUT2D eigenvalue weighted by molar-refractivity contribution is -0.124. The van der Waals surface area contributed by atoms with Gasteiger partial charge in [-0.3, -0.25) is 9.69 Å². The molecule has 0 saturated carbocycles. The number of nitrogens with one attached hydrogen (secondary N) is 1. The summed E-state index contributed by atoms with van der Waals surface area (Å²) in [7, 11) is 0. The third-order valence-electron chi connectivity index (χ3n) is 3.68. The quantitative estimate of drug-likeness (QED) is 0.926. The van der Waals surface area contributed by atoms with E-state index >= 15 is 0 Å².